The van der Waals surface area contributed by atoms with Crippen LogP contribution in [0.4, 0.5) is 5.95 Å². The molecule has 1 aliphatic carbocycles. The first-order chi connectivity index (χ1) is 8.16. The van der Waals surface area contributed by atoms with Crippen molar-refractivity contribution in [2.24, 2.45) is 0 Å². The smallest absolute Gasteiger partial charge is 0.202 e. The predicted octanol–water partition coefficient (Wildman–Crippen LogP) is 3.07. The molecule has 1 fully saturated rings. The number of pyridine rings is 1. The quantitative estimate of drug-likeness (QED) is 0.926. The molecule has 0 atom stereocenters. The number of imidazole rings is 1. The molecule has 90 valence electrons. The number of hydrogen-bond acceptors (Lipinski definition) is 3. The van der Waals surface area contributed by atoms with Crippen LogP contribution < -0.4 is 5.73 Å². The molecule has 2 heterocycles. The van der Waals surface area contributed by atoms with E-state index in [0.717, 1.165) is 22.1 Å². The molecule has 5 heteroatoms. The van der Waals surface area contributed by atoms with E-state index in [9.17, 15) is 0 Å². The molecule has 0 bridgehead atoms. The van der Waals surface area contributed by atoms with Crippen molar-refractivity contribution < 1.29 is 0 Å². The maximum atomic E-state index is 6.07. The van der Waals surface area contributed by atoms with Crippen molar-refractivity contribution in [1.82, 2.24) is 14.5 Å². The molecule has 2 aromatic rings. The minimum absolute atomic E-state index is 0.152. The third kappa shape index (κ3) is 1.48. The van der Waals surface area contributed by atoms with Gasteiger partial charge in [-0.15, -0.1) is 0 Å². The van der Waals surface area contributed by atoms with Gasteiger partial charge >= 0.3 is 0 Å². The Morgan fingerprint density at radius 1 is 1.53 bits per heavy atom. The molecule has 0 aliphatic heterocycles. The van der Waals surface area contributed by atoms with E-state index in [-0.39, 0.29) is 5.54 Å². The molecule has 2 N–H and O–H groups in total. The average Bonchev–Trinajstić information content (AvgIpc) is 2.55. The first-order valence-electron chi connectivity index (χ1n) is 5.96. The summed E-state index contributed by atoms with van der Waals surface area (Å²) in [5.74, 6) is 0.590. The zero-order valence-electron chi connectivity index (χ0n) is 9.78. The van der Waals surface area contributed by atoms with Gasteiger partial charge in [0.1, 0.15) is 5.52 Å². The van der Waals surface area contributed by atoms with Crippen LogP contribution in [0.3, 0.4) is 0 Å². The highest BCUT2D eigenvalue weighted by Crippen LogP contribution is 2.44. The van der Waals surface area contributed by atoms with Crippen molar-refractivity contribution in [2.45, 2.75) is 38.1 Å². The van der Waals surface area contributed by atoms with E-state index in [4.69, 9.17) is 5.73 Å². The molecule has 1 aliphatic rings. The highest BCUT2D eigenvalue weighted by atomic mass is 79.9. The van der Waals surface area contributed by atoms with Gasteiger partial charge in [0, 0.05) is 16.2 Å². The minimum Gasteiger partial charge on any atom is -0.369 e. The maximum absolute atomic E-state index is 6.07. The van der Waals surface area contributed by atoms with Crippen molar-refractivity contribution in [2.75, 3.05) is 5.73 Å². The van der Waals surface area contributed by atoms with Gasteiger partial charge in [-0.05, 0) is 47.7 Å². The van der Waals surface area contributed by atoms with Crippen LogP contribution >= 0.6 is 15.9 Å². The zero-order chi connectivity index (χ0) is 12.0. The number of anilines is 1. The third-order valence-corrected chi connectivity index (χ3v) is 4.34. The van der Waals surface area contributed by atoms with Crippen LogP contribution in [0.15, 0.2) is 16.7 Å². The van der Waals surface area contributed by atoms with Crippen molar-refractivity contribution in [1.29, 1.82) is 0 Å². The van der Waals surface area contributed by atoms with Crippen molar-refractivity contribution >= 4 is 33.0 Å². The summed E-state index contributed by atoms with van der Waals surface area (Å²) in [7, 11) is 0. The molecular weight excluding hydrogens is 280 g/mol. The van der Waals surface area contributed by atoms with Gasteiger partial charge in [-0.3, -0.25) is 4.57 Å². The lowest BCUT2D eigenvalue weighted by Crippen LogP contribution is -2.40. The number of nitrogens with two attached hydrogens (primary N) is 1. The molecule has 0 aromatic carbocycles. The summed E-state index contributed by atoms with van der Waals surface area (Å²) >= 11 is 3.41. The Morgan fingerprint density at radius 3 is 2.88 bits per heavy atom. The molecule has 0 saturated heterocycles. The van der Waals surface area contributed by atoms with Crippen LogP contribution in [-0.4, -0.2) is 14.5 Å². The first kappa shape index (κ1) is 11.0. The Labute approximate surface area is 108 Å². The van der Waals surface area contributed by atoms with Crippen molar-refractivity contribution in [3.05, 3.63) is 16.7 Å². The van der Waals surface area contributed by atoms with Crippen LogP contribution in [0.5, 0.6) is 0 Å². The number of rotatable bonds is 2. The SMILES string of the molecule is CCC1(n2c(N)nc3cc(Br)cnc32)CCC1. The van der Waals surface area contributed by atoms with Gasteiger partial charge in [0.05, 0.1) is 0 Å². The first-order valence-corrected chi connectivity index (χ1v) is 6.75. The van der Waals surface area contributed by atoms with Gasteiger partial charge < -0.3 is 5.73 Å². The standard InChI is InChI=1S/C12H15BrN4/c1-2-12(4-3-5-12)17-10-9(16-11(17)14)6-8(13)7-15-10/h6-7H,2-5H2,1H3,(H2,14,16). The molecule has 2 aromatic heterocycles. The fourth-order valence-electron chi connectivity index (χ4n) is 2.75. The summed E-state index contributed by atoms with van der Waals surface area (Å²) in [5, 5.41) is 0. The van der Waals surface area contributed by atoms with E-state index in [1.165, 1.54) is 19.3 Å². The van der Waals surface area contributed by atoms with Crippen molar-refractivity contribution in [3.63, 3.8) is 0 Å². The lowest BCUT2D eigenvalue weighted by molar-refractivity contribution is 0.144. The normalized spacial score (nSPS) is 18.2. The van der Waals surface area contributed by atoms with E-state index in [0.29, 0.717) is 5.95 Å². The van der Waals surface area contributed by atoms with E-state index in [2.05, 4.69) is 37.4 Å². The Bertz CT molecular complexity index is 566. The number of halogens is 1. The summed E-state index contributed by atoms with van der Waals surface area (Å²) in [4.78, 5) is 8.89. The van der Waals surface area contributed by atoms with Gasteiger partial charge in [-0.1, -0.05) is 6.92 Å². The molecule has 17 heavy (non-hydrogen) atoms. The van der Waals surface area contributed by atoms with Gasteiger partial charge in [0.25, 0.3) is 0 Å². The molecular formula is C12H15BrN4. The molecule has 0 radical (unpaired) electrons. The molecule has 0 spiro atoms. The van der Waals surface area contributed by atoms with Crippen LogP contribution in [0, 0.1) is 0 Å². The highest BCUT2D eigenvalue weighted by molar-refractivity contribution is 9.10. The Kier molecular flexibility index (Phi) is 2.40. The predicted molar refractivity (Wildman–Crippen MR) is 71.8 cm³/mol. The lowest BCUT2D eigenvalue weighted by Gasteiger charge is -2.43. The fraction of sp³-hybridized carbons (Fsp3) is 0.500. The second kappa shape index (κ2) is 3.70. The largest absolute Gasteiger partial charge is 0.369 e. The molecule has 1 saturated carbocycles. The van der Waals surface area contributed by atoms with Crippen LogP contribution in [0.1, 0.15) is 32.6 Å². The minimum atomic E-state index is 0.152. The Morgan fingerprint density at radius 2 is 2.29 bits per heavy atom. The summed E-state index contributed by atoms with van der Waals surface area (Å²) in [6.45, 7) is 2.21. The summed E-state index contributed by atoms with van der Waals surface area (Å²) in [5.41, 5.74) is 8.00. The summed E-state index contributed by atoms with van der Waals surface area (Å²) in [6, 6.07) is 1.97. The van der Waals surface area contributed by atoms with E-state index < -0.39 is 0 Å². The number of hydrogen-bond donors (Lipinski definition) is 1. The van der Waals surface area contributed by atoms with Gasteiger partial charge in [-0.25, -0.2) is 9.97 Å². The van der Waals surface area contributed by atoms with Gasteiger partial charge in [0.15, 0.2) is 5.65 Å². The number of nitrogens with zero attached hydrogens (tertiary/aromatic N) is 3. The Hall–Kier alpha value is -1.10. The monoisotopic (exact) mass is 294 g/mol. The number of nitrogen functional groups attached to an aromatic ring is 1. The highest BCUT2D eigenvalue weighted by Gasteiger charge is 2.39. The van der Waals surface area contributed by atoms with Crippen LogP contribution in [0.25, 0.3) is 11.2 Å². The van der Waals surface area contributed by atoms with Crippen molar-refractivity contribution in [3.8, 4) is 0 Å². The zero-order valence-corrected chi connectivity index (χ0v) is 11.4. The lowest BCUT2D eigenvalue weighted by atomic mass is 9.74. The second-order valence-electron chi connectivity index (χ2n) is 4.73. The number of aromatic nitrogens is 3. The second-order valence-corrected chi connectivity index (χ2v) is 5.65. The summed E-state index contributed by atoms with van der Waals surface area (Å²) < 4.78 is 3.08. The molecule has 0 unspecified atom stereocenters. The maximum Gasteiger partial charge on any atom is 0.202 e. The molecule has 4 nitrogen and oxygen atoms in total. The summed E-state index contributed by atoms with van der Waals surface area (Å²) in [6.07, 6.45) is 6.51. The van der Waals surface area contributed by atoms with E-state index >= 15 is 0 Å². The van der Waals surface area contributed by atoms with Gasteiger partial charge in [0.2, 0.25) is 5.95 Å². The number of fused-ring (bicyclic) bond motifs is 1. The topological polar surface area (TPSA) is 56.7 Å². The molecule has 3 rings (SSSR count). The fourth-order valence-corrected chi connectivity index (χ4v) is 3.06. The molecule has 0 amide bonds. The average molecular weight is 295 g/mol. The van der Waals surface area contributed by atoms with E-state index in [1.54, 1.807) is 0 Å². The van der Waals surface area contributed by atoms with Crippen LogP contribution in [0.2, 0.25) is 0 Å². The van der Waals surface area contributed by atoms with E-state index in [1.807, 2.05) is 12.3 Å². The third-order valence-electron chi connectivity index (χ3n) is 3.91. The van der Waals surface area contributed by atoms with Gasteiger partial charge in [-0.2, -0.15) is 0 Å². The Balaban J connectivity index is 2.25. The van der Waals surface area contributed by atoms with Crippen LogP contribution in [-0.2, 0) is 5.54 Å².